The quantitative estimate of drug-likeness (QED) is 0.0503. The van der Waals surface area contributed by atoms with Crippen LogP contribution < -0.4 is 10.6 Å². The van der Waals surface area contributed by atoms with Gasteiger partial charge in [-0.25, -0.2) is 9.59 Å². The summed E-state index contributed by atoms with van der Waals surface area (Å²) in [6.45, 7) is 26.0. The third-order valence-electron chi connectivity index (χ3n) is 16.3. The first kappa shape index (κ1) is 52.1. The van der Waals surface area contributed by atoms with E-state index in [0.717, 1.165) is 85.7 Å². The van der Waals surface area contributed by atoms with Crippen molar-refractivity contribution in [3.63, 3.8) is 0 Å². The molecule has 10 heteroatoms. The first-order chi connectivity index (χ1) is 28.8. The molecule has 0 spiro atoms. The number of carbonyl (C=O) groups is 3. The van der Waals surface area contributed by atoms with Gasteiger partial charge in [-0.15, -0.1) is 0 Å². The molecular formula is C51H91N3O5S2. The third-order valence-corrected chi connectivity index (χ3v) is 19.2. The molecule has 0 heterocycles. The molecule has 4 unspecified atom stereocenters. The van der Waals surface area contributed by atoms with Crippen LogP contribution >= 0.6 is 21.6 Å². The van der Waals surface area contributed by atoms with Crippen LogP contribution in [0.15, 0.2) is 11.6 Å². The average Bonchev–Trinajstić information content (AvgIpc) is 3.53. The number of unbranched alkanes of at least 4 members (excludes halogenated alkanes) is 4. The topological polar surface area (TPSA) is 108 Å². The van der Waals surface area contributed by atoms with Gasteiger partial charge in [-0.3, -0.25) is 4.79 Å². The Balaban J connectivity index is 1.20. The molecule has 3 fully saturated rings. The summed E-state index contributed by atoms with van der Waals surface area (Å²) >= 11 is 0. The van der Waals surface area contributed by atoms with Crippen LogP contribution in [0.25, 0.3) is 0 Å². The Hall–Kier alpha value is -1.55. The number of alkyl carbamates (subject to hydrolysis) is 1. The number of allylic oxidation sites excluding steroid dienone is 2. The van der Waals surface area contributed by atoms with Gasteiger partial charge < -0.3 is 25.4 Å². The van der Waals surface area contributed by atoms with E-state index in [-0.39, 0.29) is 24.1 Å². The monoisotopic (exact) mass is 890 g/mol. The van der Waals surface area contributed by atoms with Crippen LogP contribution in [0.1, 0.15) is 198 Å². The number of amides is 3. The zero-order valence-electron chi connectivity index (χ0n) is 40.8. The van der Waals surface area contributed by atoms with Crippen LogP contribution in [0.4, 0.5) is 9.59 Å². The van der Waals surface area contributed by atoms with Gasteiger partial charge in [0.25, 0.3) is 0 Å². The molecule has 0 aliphatic heterocycles. The van der Waals surface area contributed by atoms with Gasteiger partial charge in [-0.2, -0.15) is 0 Å². The Morgan fingerprint density at radius 2 is 1.57 bits per heavy atom. The fourth-order valence-electron chi connectivity index (χ4n) is 12.7. The molecule has 11 atom stereocenters. The summed E-state index contributed by atoms with van der Waals surface area (Å²) < 4.78 is 5.37. The Morgan fingerprint density at radius 3 is 2.26 bits per heavy atom. The maximum absolute atomic E-state index is 13.6. The van der Waals surface area contributed by atoms with Gasteiger partial charge in [-0.05, 0) is 164 Å². The number of hydrogen-bond donors (Lipinski definition) is 3. The third kappa shape index (κ3) is 15.3. The molecule has 3 saturated carbocycles. The molecule has 352 valence electrons. The predicted molar refractivity (Wildman–Crippen MR) is 259 cm³/mol. The molecule has 8 nitrogen and oxygen atoms in total. The Morgan fingerprint density at radius 1 is 0.869 bits per heavy atom. The van der Waals surface area contributed by atoms with Crippen molar-refractivity contribution in [2.45, 2.75) is 221 Å². The van der Waals surface area contributed by atoms with E-state index >= 15 is 0 Å². The number of nitrogens with zero attached hydrogens (tertiary/aromatic N) is 1. The van der Waals surface area contributed by atoms with E-state index in [2.05, 4.69) is 58.3 Å². The van der Waals surface area contributed by atoms with E-state index in [1.807, 2.05) is 61.1 Å². The second kappa shape index (κ2) is 24.1. The van der Waals surface area contributed by atoms with Crippen LogP contribution in [0.3, 0.4) is 0 Å². The highest BCUT2D eigenvalue weighted by Crippen LogP contribution is 2.68. The molecular weight excluding hydrogens is 799 g/mol. The molecule has 0 saturated heterocycles. The second-order valence-electron chi connectivity index (χ2n) is 22.1. The van der Waals surface area contributed by atoms with Gasteiger partial charge in [0.15, 0.2) is 0 Å². The van der Waals surface area contributed by atoms with Crippen molar-refractivity contribution < 1.29 is 24.2 Å². The molecule has 0 bridgehead atoms. The maximum Gasteiger partial charge on any atom is 0.407 e. The van der Waals surface area contributed by atoms with Crippen LogP contribution in [-0.2, 0) is 9.53 Å². The highest BCUT2D eigenvalue weighted by Gasteiger charge is 2.59. The molecule has 0 aromatic heterocycles. The molecule has 0 radical (unpaired) electrons. The van der Waals surface area contributed by atoms with Crippen LogP contribution in [0.5, 0.6) is 0 Å². The van der Waals surface area contributed by atoms with Gasteiger partial charge in [0.1, 0.15) is 5.60 Å². The van der Waals surface area contributed by atoms with E-state index in [0.29, 0.717) is 42.0 Å². The average molecular weight is 890 g/mol. The number of rotatable bonds is 24. The fraction of sp³-hybridized carbons (Fsp3) is 0.902. The van der Waals surface area contributed by atoms with E-state index in [1.54, 1.807) is 5.57 Å². The minimum atomic E-state index is -1.02. The van der Waals surface area contributed by atoms with Gasteiger partial charge >= 0.3 is 12.2 Å². The van der Waals surface area contributed by atoms with Gasteiger partial charge in [-0.1, -0.05) is 113 Å². The molecule has 61 heavy (non-hydrogen) atoms. The summed E-state index contributed by atoms with van der Waals surface area (Å²) in [7, 11) is 3.91. The lowest BCUT2D eigenvalue weighted by Gasteiger charge is -2.58. The molecule has 0 aromatic rings. The number of ether oxygens (including phenoxy) is 1. The van der Waals surface area contributed by atoms with Crippen molar-refractivity contribution in [1.29, 1.82) is 0 Å². The van der Waals surface area contributed by atoms with E-state index in [1.165, 1.54) is 70.6 Å². The van der Waals surface area contributed by atoms with Crippen molar-refractivity contribution in [2.75, 3.05) is 18.8 Å². The summed E-state index contributed by atoms with van der Waals surface area (Å²) in [5.41, 5.74) is 2.14. The van der Waals surface area contributed by atoms with Crippen molar-refractivity contribution >= 4 is 39.7 Å². The lowest BCUT2D eigenvalue weighted by molar-refractivity contribution is -0.131. The summed E-state index contributed by atoms with van der Waals surface area (Å²) in [5, 5.41) is 15.3. The standard InChI is InChI=1S/C51H91N3O5S2/c1-12-39(35(2)3)20-19-36(4)43-23-24-44-42-22-21-40-34-41(25-29-50(40,10)45(42)26-30-51(43,44)11)61-60-33-28-46(55)54(32-27-38(6)52-47(56)57)31-17-15-13-14-16-18-37(5)53-48(58)59-49(7,8)9/h21,35-39,41-45,52H,12-20,22-34H2,1-11H3,(H,53,58)(H,56,57)/t36?,37?,38?,39?,41-,42-,43+,44-,45-,50-,51+/m0/s1. The number of nitrogens with one attached hydrogen (secondary N) is 2. The number of fused-ring (bicyclic) bond motifs is 5. The van der Waals surface area contributed by atoms with Crippen molar-refractivity contribution in [3.05, 3.63) is 11.6 Å². The Labute approximate surface area is 381 Å². The SMILES string of the molecule is CCC(CCC(C)[C@H]1CC[C@H]2[C@@H]3CC=C4C[C@@H](SSCCC(=O)N(CCCCCCCC(C)NC(=O)OC(C)(C)C)CCC(C)NC(=O)O)CC[C@]4(C)[C@H]3CC[C@]12C)C(C)C. The molecule has 4 aliphatic carbocycles. The van der Waals surface area contributed by atoms with Crippen LogP contribution in [0.2, 0.25) is 0 Å². The summed E-state index contributed by atoms with van der Waals surface area (Å²) in [5.74, 6) is 7.02. The molecule has 4 rings (SSSR count). The van der Waals surface area contributed by atoms with E-state index in [9.17, 15) is 19.5 Å². The normalized spacial score (nSPS) is 29.3. The number of carbonyl (C=O) groups excluding carboxylic acids is 2. The summed E-state index contributed by atoms with van der Waals surface area (Å²) in [6.07, 6.45) is 23.5. The van der Waals surface area contributed by atoms with Crippen molar-refractivity contribution in [3.8, 4) is 0 Å². The van der Waals surface area contributed by atoms with Crippen LogP contribution in [0, 0.1) is 52.3 Å². The minimum Gasteiger partial charge on any atom is -0.465 e. The smallest absolute Gasteiger partial charge is 0.407 e. The molecule has 0 aromatic carbocycles. The summed E-state index contributed by atoms with van der Waals surface area (Å²) in [4.78, 5) is 38.8. The molecule has 3 N–H and O–H groups in total. The zero-order chi connectivity index (χ0) is 45.0. The van der Waals surface area contributed by atoms with E-state index < -0.39 is 11.7 Å². The largest absolute Gasteiger partial charge is 0.465 e. The van der Waals surface area contributed by atoms with Crippen molar-refractivity contribution in [2.24, 2.45) is 52.3 Å². The maximum atomic E-state index is 13.6. The predicted octanol–water partition coefficient (Wildman–Crippen LogP) is 13.9. The molecule has 4 aliphatic rings. The van der Waals surface area contributed by atoms with Gasteiger partial charge in [0, 0.05) is 42.6 Å². The Kier molecular flexibility index (Phi) is 20.6. The Bertz CT molecular complexity index is 1420. The number of carboxylic acid groups (broad SMARTS) is 1. The highest BCUT2D eigenvalue weighted by molar-refractivity contribution is 8.76. The lowest BCUT2D eigenvalue weighted by Crippen LogP contribution is -2.50. The first-order valence-electron chi connectivity index (χ1n) is 25.0. The minimum absolute atomic E-state index is 0.0664. The summed E-state index contributed by atoms with van der Waals surface area (Å²) in [6, 6.07) is -0.137. The fourth-order valence-corrected chi connectivity index (χ4v) is 15.3. The van der Waals surface area contributed by atoms with Gasteiger partial charge in [0.05, 0.1) is 0 Å². The van der Waals surface area contributed by atoms with Crippen LogP contribution in [-0.4, -0.2) is 69.9 Å². The molecule has 3 amide bonds. The van der Waals surface area contributed by atoms with E-state index in [4.69, 9.17) is 4.74 Å². The number of hydrogen-bond acceptors (Lipinski definition) is 6. The lowest BCUT2D eigenvalue weighted by atomic mass is 9.47. The zero-order valence-corrected chi connectivity index (χ0v) is 42.4. The second-order valence-corrected chi connectivity index (χ2v) is 24.9. The van der Waals surface area contributed by atoms with Gasteiger partial charge in [0.2, 0.25) is 5.91 Å². The van der Waals surface area contributed by atoms with Crippen molar-refractivity contribution in [1.82, 2.24) is 15.5 Å². The first-order valence-corrected chi connectivity index (χ1v) is 27.4. The highest BCUT2D eigenvalue weighted by atomic mass is 33.1.